The van der Waals surface area contributed by atoms with Gasteiger partial charge in [0.15, 0.2) is 18.7 Å². The van der Waals surface area contributed by atoms with Crippen LogP contribution < -0.4 is 0 Å². The molecule has 0 bridgehead atoms. The van der Waals surface area contributed by atoms with Crippen LogP contribution in [0.3, 0.4) is 0 Å². The van der Waals surface area contributed by atoms with E-state index in [4.69, 9.17) is 4.74 Å². The van der Waals surface area contributed by atoms with E-state index in [9.17, 15) is 0 Å². The Morgan fingerprint density at radius 2 is 1.44 bits per heavy atom. The second-order valence-corrected chi connectivity index (χ2v) is 6.94. The first-order valence-electron chi connectivity index (χ1n) is 7.55. The van der Waals surface area contributed by atoms with Crippen molar-refractivity contribution in [3.63, 3.8) is 0 Å². The van der Waals surface area contributed by atoms with E-state index in [1.807, 2.05) is 0 Å². The Bertz CT molecular complexity index is 294. The van der Waals surface area contributed by atoms with Gasteiger partial charge < -0.3 is 4.74 Å². The van der Waals surface area contributed by atoms with E-state index in [0.29, 0.717) is 35.8 Å². The molecule has 0 aromatic rings. The minimum Gasteiger partial charge on any atom is -0.441 e. The fourth-order valence-electron chi connectivity index (χ4n) is 3.55. The molecular formula is C16H32NO+. The molecule has 0 unspecified atom stereocenters. The highest BCUT2D eigenvalue weighted by Crippen LogP contribution is 2.30. The minimum atomic E-state index is 0.484. The van der Waals surface area contributed by atoms with Gasteiger partial charge in [0.2, 0.25) is 0 Å². The monoisotopic (exact) mass is 254 g/mol. The zero-order valence-electron chi connectivity index (χ0n) is 13.5. The van der Waals surface area contributed by atoms with Crippen LogP contribution in [-0.4, -0.2) is 29.2 Å². The van der Waals surface area contributed by atoms with Crippen LogP contribution in [0.15, 0.2) is 0 Å². The molecule has 0 N–H and O–H groups in total. The summed E-state index contributed by atoms with van der Waals surface area (Å²) in [5, 5.41) is 0. The molecule has 1 rings (SSSR count). The highest BCUT2D eigenvalue weighted by Gasteiger charge is 2.44. The van der Waals surface area contributed by atoms with Crippen LogP contribution in [0.2, 0.25) is 0 Å². The third-order valence-corrected chi connectivity index (χ3v) is 4.05. The highest BCUT2D eigenvalue weighted by molar-refractivity contribution is 5.74. The molecule has 1 aliphatic heterocycles. The van der Waals surface area contributed by atoms with Gasteiger partial charge in [0.05, 0.1) is 5.92 Å². The summed E-state index contributed by atoms with van der Waals surface area (Å²) in [7, 11) is 0. The van der Waals surface area contributed by atoms with Crippen LogP contribution >= 0.6 is 0 Å². The molecule has 106 valence electrons. The maximum atomic E-state index is 6.02. The lowest BCUT2D eigenvalue weighted by Gasteiger charge is -2.28. The second kappa shape index (κ2) is 6.08. The van der Waals surface area contributed by atoms with Crippen molar-refractivity contribution in [1.29, 1.82) is 0 Å². The topological polar surface area (TPSA) is 12.2 Å². The molecule has 1 heterocycles. The third-order valence-electron chi connectivity index (χ3n) is 4.05. The molecule has 0 aromatic heterocycles. The Hall–Kier alpha value is -0.530. The van der Waals surface area contributed by atoms with Crippen LogP contribution in [0, 0.1) is 23.7 Å². The SMILES string of the molecule is CC(C)C1=[N+](C(C)C)[C@H](C(C(C)C)C(C)C)CO1. The fraction of sp³-hybridized carbons (Fsp3) is 0.938. The van der Waals surface area contributed by atoms with Crippen LogP contribution in [0.5, 0.6) is 0 Å². The van der Waals surface area contributed by atoms with Crippen LogP contribution in [0.1, 0.15) is 55.4 Å². The summed E-state index contributed by atoms with van der Waals surface area (Å²) in [5.74, 6) is 3.78. The van der Waals surface area contributed by atoms with Gasteiger partial charge in [-0.05, 0) is 39.5 Å². The summed E-state index contributed by atoms with van der Waals surface area (Å²) in [4.78, 5) is 0. The van der Waals surface area contributed by atoms with Crippen molar-refractivity contribution in [2.24, 2.45) is 23.7 Å². The standard InChI is InChI=1S/C16H32NO/c1-10(2)15(11(3)4)14-9-18-16(12(5)6)17(14)13(7)8/h10-15H,9H2,1-8H3/q+1/t14-/m0/s1. The van der Waals surface area contributed by atoms with Gasteiger partial charge >= 0.3 is 5.90 Å². The number of nitrogens with zero attached hydrogens (tertiary/aromatic N) is 1. The van der Waals surface area contributed by atoms with Crippen molar-refractivity contribution in [3.8, 4) is 0 Å². The summed E-state index contributed by atoms with van der Waals surface area (Å²) in [6.45, 7) is 19.3. The van der Waals surface area contributed by atoms with Crippen LogP contribution in [0.4, 0.5) is 0 Å². The maximum Gasteiger partial charge on any atom is 0.339 e. The second-order valence-electron chi connectivity index (χ2n) is 6.94. The highest BCUT2D eigenvalue weighted by atomic mass is 16.5. The first-order chi connectivity index (χ1) is 8.27. The predicted molar refractivity (Wildman–Crippen MR) is 78.1 cm³/mol. The average molecular weight is 254 g/mol. The largest absolute Gasteiger partial charge is 0.441 e. The van der Waals surface area contributed by atoms with E-state index in [2.05, 4.69) is 60.0 Å². The van der Waals surface area contributed by atoms with E-state index in [-0.39, 0.29) is 0 Å². The quantitative estimate of drug-likeness (QED) is 0.680. The van der Waals surface area contributed by atoms with Gasteiger partial charge in [-0.25, -0.2) is 0 Å². The zero-order chi connectivity index (χ0) is 14.0. The molecule has 18 heavy (non-hydrogen) atoms. The lowest BCUT2D eigenvalue weighted by molar-refractivity contribution is -0.597. The Morgan fingerprint density at radius 3 is 1.78 bits per heavy atom. The van der Waals surface area contributed by atoms with E-state index in [1.165, 1.54) is 5.90 Å². The molecule has 0 aromatic carbocycles. The van der Waals surface area contributed by atoms with Crippen molar-refractivity contribution in [2.75, 3.05) is 6.61 Å². The van der Waals surface area contributed by atoms with E-state index in [1.54, 1.807) is 0 Å². The minimum absolute atomic E-state index is 0.484. The van der Waals surface area contributed by atoms with Crippen molar-refractivity contribution < 1.29 is 9.31 Å². The normalized spacial score (nSPS) is 21.1. The van der Waals surface area contributed by atoms with E-state index < -0.39 is 0 Å². The lowest BCUT2D eigenvalue weighted by atomic mass is 9.79. The fourth-order valence-corrected chi connectivity index (χ4v) is 3.55. The lowest BCUT2D eigenvalue weighted by Crippen LogP contribution is -2.42. The summed E-state index contributed by atoms with van der Waals surface area (Å²) in [6.07, 6.45) is 0. The van der Waals surface area contributed by atoms with Crippen LogP contribution in [-0.2, 0) is 4.74 Å². The van der Waals surface area contributed by atoms with Gasteiger partial charge in [0, 0.05) is 5.92 Å². The number of hydrogen-bond donors (Lipinski definition) is 0. The third kappa shape index (κ3) is 3.07. The van der Waals surface area contributed by atoms with Crippen molar-refractivity contribution in [3.05, 3.63) is 0 Å². The van der Waals surface area contributed by atoms with Crippen molar-refractivity contribution >= 4 is 5.90 Å². The van der Waals surface area contributed by atoms with Gasteiger partial charge in [0.1, 0.15) is 0 Å². The van der Waals surface area contributed by atoms with Gasteiger partial charge in [-0.15, -0.1) is 0 Å². The van der Waals surface area contributed by atoms with Crippen LogP contribution in [0.25, 0.3) is 0 Å². The molecule has 2 nitrogen and oxygen atoms in total. The first kappa shape index (κ1) is 15.5. The molecular weight excluding hydrogens is 222 g/mol. The molecule has 0 saturated carbocycles. The van der Waals surface area contributed by atoms with Crippen molar-refractivity contribution in [1.82, 2.24) is 0 Å². The maximum absolute atomic E-state index is 6.02. The Balaban J connectivity index is 3.09. The first-order valence-corrected chi connectivity index (χ1v) is 7.55. The molecule has 0 spiro atoms. The summed E-state index contributed by atoms with van der Waals surface area (Å²) < 4.78 is 8.56. The Labute approximate surface area is 113 Å². The number of ether oxygens (including phenoxy) is 1. The van der Waals surface area contributed by atoms with Gasteiger partial charge in [0.25, 0.3) is 0 Å². The molecule has 0 saturated heterocycles. The average Bonchev–Trinajstić information content (AvgIpc) is 2.60. The molecule has 0 aliphatic carbocycles. The molecule has 0 amide bonds. The molecule has 0 fully saturated rings. The Kier molecular flexibility index (Phi) is 5.24. The Morgan fingerprint density at radius 1 is 0.944 bits per heavy atom. The summed E-state index contributed by atoms with van der Waals surface area (Å²) in [5.41, 5.74) is 0. The van der Waals surface area contributed by atoms with E-state index >= 15 is 0 Å². The molecule has 1 atom stereocenters. The summed E-state index contributed by atoms with van der Waals surface area (Å²) in [6, 6.07) is 1.07. The van der Waals surface area contributed by atoms with E-state index in [0.717, 1.165) is 6.61 Å². The molecule has 2 heteroatoms. The number of hydrogen-bond acceptors (Lipinski definition) is 1. The smallest absolute Gasteiger partial charge is 0.339 e. The molecule has 0 radical (unpaired) electrons. The summed E-state index contributed by atoms with van der Waals surface area (Å²) >= 11 is 0. The van der Waals surface area contributed by atoms with Gasteiger partial charge in [-0.3, -0.25) is 0 Å². The zero-order valence-corrected chi connectivity index (χ0v) is 13.5. The predicted octanol–water partition coefficient (Wildman–Crippen LogP) is 3.79. The van der Waals surface area contributed by atoms with Gasteiger partial charge in [-0.1, -0.05) is 27.7 Å². The van der Waals surface area contributed by atoms with Crippen molar-refractivity contribution in [2.45, 2.75) is 67.5 Å². The molecule has 1 aliphatic rings. The number of rotatable bonds is 5. The van der Waals surface area contributed by atoms with Gasteiger partial charge in [-0.2, -0.15) is 4.58 Å².